The van der Waals surface area contributed by atoms with Crippen LogP contribution in [-0.4, -0.2) is 51.2 Å². The first-order chi connectivity index (χ1) is 8.80. The number of aryl methyl sites for hydroxylation is 2. The molecule has 0 atom stereocenters. The molecule has 9 heteroatoms. The zero-order valence-electron chi connectivity index (χ0n) is 11.3. The van der Waals surface area contributed by atoms with Crippen molar-refractivity contribution in [2.75, 3.05) is 27.2 Å². The molecule has 0 saturated heterocycles. The van der Waals surface area contributed by atoms with Crippen LogP contribution in [-0.2, 0) is 14.8 Å². The van der Waals surface area contributed by atoms with Crippen LogP contribution in [0.15, 0.2) is 9.42 Å². The number of alkyl carbamates (subject to hydrolysis) is 1. The Kier molecular flexibility index (Phi) is 4.90. The number of hydrogen-bond acceptors (Lipinski definition) is 6. The molecule has 0 aliphatic heterocycles. The van der Waals surface area contributed by atoms with E-state index in [1.807, 2.05) is 0 Å². The first-order valence-electron chi connectivity index (χ1n) is 5.51. The number of amides is 1. The third-order valence-electron chi connectivity index (χ3n) is 2.52. The first-order valence-corrected chi connectivity index (χ1v) is 6.95. The quantitative estimate of drug-likeness (QED) is 0.835. The molecule has 1 aromatic heterocycles. The van der Waals surface area contributed by atoms with E-state index < -0.39 is 16.1 Å². The minimum atomic E-state index is -3.68. The first kappa shape index (κ1) is 15.4. The fraction of sp³-hybridized carbons (Fsp3) is 0.600. The highest BCUT2D eigenvalue weighted by Crippen LogP contribution is 2.21. The molecule has 1 heterocycles. The van der Waals surface area contributed by atoms with Gasteiger partial charge in [-0.05, 0) is 13.8 Å². The Bertz CT molecular complexity index is 532. The van der Waals surface area contributed by atoms with Crippen LogP contribution in [0.1, 0.15) is 11.5 Å². The zero-order valence-corrected chi connectivity index (χ0v) is 12.1. The lowest BCUT2D eigenvalue weighted by molar-refractivity contribution is 0.170. The van der Waals surface area contributed by atoms with E-state index >= 15 is 0 Å². The van der Waals surface area contributed by atoms with E-state index in [2.05, 4.69) is 15.2 Å². The highest BCUT2D eigenvalue weighted by atomic mass is 32.2. The third-order valence-corrected chi connectivity index (χ3v) is 4.62. The number of nitrogens with one attached hydrogen (secondary N) is 1. The second-order valence-electron chi connectivity index (χ2n) is 3.90. The number of carbonyl (C=O) groups excluding carboxylic acids is 1. The summed E-state index contributed by atoms with van der Waals surface area (Å²) in [6.07, 6.45) is -0.608. The van der Waals surface area contributed by atoms with Gasteiger partial charge in [0.2, 0.25) is 10.0 Å². The van der Waals surface area contributed by atoms with Crippen molar-refractivity contribution in [3.8, 4) is 0 Å². The second-order valence-corrected chi connectivity index (χ2v) is 5.88. The monoisotopic (exact) mass is 291 g/mol. The molecule has 0 bridgehead atoms. The maximum absolute atomic E-state index is 12.3. The molecule has 0 aliphatic rings. The molecule has 0 saturated carbocycles. The molecule has 0 aliphatic carbocycles. The van der Waals surface area contributed by atoms with Crippen LogP contribution in [0.4, 0.5) is 4.79 Å². The standard InChI is InChI=1S/C10H17N3O5S/c1-7-9(8(2)18-12-7)19(15,16)13(3)6-5-11-10(14)17-4/h5-6H2,1-4H3,(H,11,14). The molecular weight excluding hydrogens is 274 g/mol. The fourth-order valence-corrected chi connectivity index (χ4v) is 2.96. The van der Waals surface area contributed by atoms with Crippen LogP contribution in [0.3, 0.4) is 0 Å². The minimum Gasteiger partial charge on any atom is -0.453 e. The number of rotatable bonds is 5. The van der Waals surface area contributed by atoms with E-state index in [0.29, 0.717) is 5.69 Å². The van der Waals surface area contributed by atoms with Gasteiger partial charge in [0.1, 0.15) is 10.6 Å². The van der Waals surface area contributed by atoms with Crippen LogP contribution < -0.4 is 5.32 Å². The lowest BCUT2D eigenvalue weighted by Gasteiger charge is -2.16. The number of ether oxygens (including phenoxy) is 1. The van der Waals surface area contributed by atoms with Crippen molar-refractivity contribution in [1.82, 2.24) is 14.8 Å². The van der Waals surface area contributed by atoms with Crippen molar-refractivity contribution < 1.29 is 22.5 Å². The average molecular weight is 291 g/mol. The number of methoxy groups -OCH3 is 1. The molecule has 19 heavy (non-hydrogen) atoms. The predicted molar refractivity (Wildman–Crippen MR) is 66.2 cm³/mol. The van der Waals surface area contributed by atoms with Gasteiger partial charge in [0, 0.05) is 20.1 Å². The fourth-order valence-electron chi connectivity index (χ4n) is 1.51. The minimum absolute atomic E-state index is 0.0630. The summed E-state index contributed by atoms with van der Waals surface area (Å²) in [5, 5.41) is 6.02. The molecule has 0 aromatic carbocycles. The van der Waals surface area contributed by atoms with Crippen molar-refractivity contribution in [3.63, 3.8) is 0 Å². The molecule has 0 unspecified atom stereocenters. The summed E-state index contributed by atoms with van der Waals surface area (Å²) in [5.41, 5.74) is 0.310. The van der Waals surface area contributed by atoms with Gasteiger partial charge in [-0.15, -0.1) is 0 Å². The van der Waals surface area contributed by atoms with Crippen LogP contribution in [0, 0.1) is 13.8 Å². The summed E-state index contributed by atoms with van der Waals surface area (Å²) in [7, 11) is -1.02. The number of likely N-dealkylation sites (N-methyl/N-ethyl adjacent to an activating group) is 1. The van der Waals surface area contributed by atoms with Gasteiger partial charge >= 0.3 is 6.09 Å². The Balaban J connectivity index is 2.76. The maximum Gasteiger partial charge on any atom is 0.406 e. The van der Waals surface area contributed by atoms with E-state index in [0.717, 1.165) is 4.31 Å². The second kappa shape index (κ2) is 6.02. The Morgan fingerprint density at radius 3 is 2.58 bits per heavy atom. The zero-order chi connectivity index (χ0) is 14.6. The van der Waals surface area contributed by atoms with E-state index in [9.17, 15) is 13.2 Å². The summed E-state index contributed by atoms with van der Waals surface area (Å²) in [6, 6.07) is 0. The van der Waals surface area contributed by atoms with Crippen molar-refractivity contribution >= 4 is 16.1 Å². The summed E-state index contributed by atoms with van der Waals surface area (Å²) in [5.74, 6) is 0.241. The average Bonchev–Trinajstić information content (AvgIpc) is 2.68. The van der Waals surface area contributed by atoms with Crippen LogP contribution in [0.5, 0.6) is 0 Å². The Hall–Kier alpha value is -1.61. The van der Waals surface area contributed by atoms with Crippen molar-refractivity contribution in [3.05, 3.63) is 11.5 Å². The van der Waals surface area contributed by atoms with E-state index in [4.69, 9.17) is 4.52 Å². The smallest absolute Gasteiger partial charge is 0.406 e. The highest BCUT2D eigenvalue weighted by molar-refractivity contribution is 7.89. The molecule has 8 nitrogen and oxygen atoms in total. The van der Waals surface area contributed by atoms with Crippen molar-refractivity contribution in [2.45, 2.75) is 18.7 Å². The van der Waals surface area contributed by atoms with Gasteiger partial charge in [0.15, 0.2) is 5.76 Å². The van der Waals surface area contributed by atoms with Gasteiger partial charge in [0.05, 0.1) is 7.11 Å². The van der Waals surface area contributed by atoms with Gasteiger partial charge < -0.3 is 14.6 Å². The topological polar surface area (TPSA) is 102 Å². The SMILES string of the molecule is COC(=O)NCCN(C)S(=O)(=O)c1c(C)noc1C. The van der Waals surface area contributed by atoms with E-state index in [1.54, 1.807) is 6.92 Å². The molecule has 1 aromatic rings. The van der Waals surface area contributed by atoms with E-state index in [1.165, 1.54) is 21.1 Å². The molecular formula is C10H17N3O5S. The maximum atomic E-state index is 12.3. The van der Waals surface area contributed by atoms with Gasteiger partial charge in [-0.25, -0.2) is 13.2 Å². The van der Waals surface area contributed by atoms with Crippen molar-refractivity contribution in [2.24, 2.45) is 0 Å². The Morgan fingerprint density at radius 2 is 2.11 bits per heavy atom. The summed E-state index contributed by atoms with van der Waals surface area (Å²) < 4.78 is 34.9. The number of aromatic nitrogens is 1. The highest BCUT2D eigenvalue weighted by Gasteiger charge is 2.28. The Labute approximate surface area is 111 Å². The van der Waals surface area contributed by atoms with Crippen LogP contribution in [0.2, 0.25) is 0 Å². The molecule has 1 amide bonds. The molecule has 0 spiro atoms. The van der Waals surface area contributed by atoms with E-state index in [-0.39, 0.29) is 23.7 Å². The largest absolute Gasteiger partial charge is 0.453 e. The number of sulfonamides is 1. The van der Waals surface area contributed by atoms with Crippen LogP contribution >= 0.6 is 0 Å². The Morgan fingerprint density at radius 1 is 1.47 bits per heavy atom. The third kappa shape index (κ3) is 3.44. The number of hydrogen-bond donors (Lipinski definition) is 1. The molecule has 108 valence electrons. The van der Waals surface area contributed by atoms with Gasteiger partial charge in [-0.2, -0.15) is 4.31 Å². The molecule has 1 N–H and O–H groups in total. The van der Waals surface area contributed by atoms with Crippen molar-refractivity contribution in [1.29, 1.82) is 0 Å². The summed E-state index contributed by atoms with van der Waals surface area (Å²) in [6.45, 7) is 3.35. The number of nitrogens with zero attached hydrogens (tertiary/aromatic N) is 2. The lowest BCUT2D eigenvalue weighted by Crippen LogP contribution is -2.36. The summed E-state index contributed by atoms with van der Waals surface area (Å²) >= 11 is 0. The molecule has 1 rings (SSSR count). The van der Waals surface area contributed by atoms with Gasteiger partial charge in [-0.1, -0.05) is 5.16 Å². The molecule has 0 radical (unpaired) electrons. The number of carbonyl (C=O) groups is 1. The molecule has 0 fully saturated rings. The normalized spacial score (nSPS) is 11.6. The van der Waals surface area contributed by atoms with Gasteiger partial charge in [0.25, 0.3) is 0 Å². The predicted octanol–water partition coefficient (Wildman–Crippen LogP) is 0.268. The lowest BCUT2D eigenvalue weighted by atomic mass is 10.4. The van der Waals surface area contributed by atoms with Crippen LogP contribution in [0.25, 0.3) is 0 Å². The summed E-state index contributed by atoms with van der Waals surface area (Å²) in [4.78, 5) is 10.9. The van der Waals surface area contributed by atoms with Gasteiger partial charge in [-0.3, -0.25) is 0 Å².